The molecule has 2 aromatic carbocycles. The van der Waals surface area contributed by atoms with Gasteiger partial charge in [0.05, 0.1) is 17.2 Å². The number of ether oxygens (including phenoxy) is 1. The molecule has 0 atom stereocenters. The highest BCUT2D eigenvalue weighted by molar-refractivity contribution is 9.10. The maximum atomic E-state index is 12.4. The Balaban J connectivity index is 2.46. The van der Waals surface area contributed by atoms with Gasteiger partial charge in [-0.05, 0) is 36.4 Å². The molecule has 2 aromatic rings. The van der Waals surface area contributed by atoms with E-state index < -0.39 is 0 Å². The zero-order valence-corrected chi connectivity index (χ0v) is 13.0. The Morgan fingerprint density at radius 1 is 1.11 bits per heavy atom. The molecule has 0 saturated heterocycles. The Morgan fingerprint density at radius 3 is 2.47 bits per heavy atom. The highest BCUT2D eigenvalue weighted by atomic mass is 79.9. The van der Waals surface area contributed by atoms with Crippen LogP contribution in [0.25, 0.3) is 0 Å². The van der Waals surface area contributed by atoms with Gasteiger partial charge in [-0.2, -0.15) is 0 Å². The van der Waals surface area contributed by atoms with Crippen LogP contribution in [0.5, 0.6) is 5.75 Å². The van der Waals surface area contributed by atoms with Gasteiger partial charge < -0.3 is 4.74 Å². The summed E-state index contributed by atoms with van der Waals surface area (Å²) in [5, 5.41) is 0.773. The summed E-state index contributed by atoms with van der Waals surface area (Å²) in [7, 11) is 1.55. The summed E-state index contributed by atoms with van der Waals surface area (Å²) in [6.45, 7) is 0. The third-order valence-electron chi connectivity index (χ3n) is 2.60. The summed E-state index contributed by atoms with van der Waals surface area (Å²) in [5.41, 5.74) is 0.987. The van der Waals surface area contributed by atoms with Crippen molar-refractivity contribution >= 4 is 44.9 Å². The van der Waals surface area contributed by atoms with Gasteiger partial charge in [0, 0.05) is 15.6 Å². The monoisotopic (exact) mass is 358 g/mol. The standard InChI is InChI=1S/C14H9BrCl2O2/c1-19-9-3-4-11(15)10(7-9)14(18)8-2-5-12(16)13(17)6-8/h2-7H,1H3. The van der Waals surface area contributed by atoms with Crippen LogP contribution in [0.2, 0.25) is 10.0 Å². The van der Waals surface area contributed by atoms with E-state index in [1.165, 1.54) is 0 Å². The number of rotatable bonds is 3. The van der Waals surface area contributed by atoms with Crippen molar-refractivity contribution in [2.45, 2.75) is 0 Å². The lowest BCUT2D eigenvalue weighted by molar-refractivity contribution is 0.103. The number of ketones is 1. The lowest BCUT2D eigenvalue weighted by Gasteiger charge is -2.07. The highest BCUT2D eigenvalue weighted by Gasteiger charge is 2.14. The van der Waals surface area contributed by atoms with Crippen molar-refractivity contribution in [1.29, 1.82) is 0 Å². The molecule has 0 amide bonds. The van der Waals surface area contributed by atoms with Crippen molar-refractivity contribution in [1.82, 2.24) is 0 Å². The molecule has 0 aromatic heterocycles. The molecule has 0 aliphatic rings. The Labute approximate surface area is 129 Å². The summed E-state index contributed by atoms with van der Waals surface area (Å²) in [6, 6.07) is 10.0. The van der Waals surface area contributed by atoms with Gasteiger partial charge in [0.15, 0.2) is 5.78 Å². The van der Waals surface area contributed by atoms with Crippen molar-refractivity contribution in [3.05, 3.63) is 62.0 Å². The Kier molecular flexibility index (Phi) is 4.50. The summed E-state index contributed by atoms with van der Waals surface area (Å²) >= 11 is 15.1. The second-order valence-electron chi connectivity index (χ2n) is 3.80. The fourth-order valence-electron chi connectivity index (χ4n) is 1.60. The molecule has 0 saturated carbocycles. The normalized spacial score (nSPS) is 10.3. The smallest absolute Gasteiger partial charge is 0.194 e. The molecule has 0 spiro atoms. The molecular formula is C14H9BrCl2O2. The number of hydrogen-bond donors (Lipinski definition) is 0. The van der Waals surface area contributed by atoms with Gasteiger partial charge in [-0.1, -0.05) is 39.1 Å². The highest BCUT2D eigenvalue weighted by Crippen LogP contribution is 2.28. The first-order chi connectivity index (χ1) is 9.02. The van der Waals surface area contributed by atoms with E-state index in [4.69, 9.17) is 27.9 Å². The van der Waals surface area contributed by atoms with Gasteiger partial charge in [0.1, 0.15) is 5.75 Å². The van der Waals surface area contributed by atoms with Gasteiger partial charge in [0.25, 0.3) is 0 Å². The molecular weight excluding hydrogens is 351 g/mol. The van der Waals surface area contributed by atoms with Crippen molar-refractivity contribution in [3.8, 4) is 5.75 Å². The number of hydrogen-bond acceptors (Lipinski definition) is 2. The second kappa shape index (κ2) is 5.95. The van der Waals surface area contributed by atoms with E-state index in [9.17, 15) is 4.79 Å². The molecule has 0 bridgehead atoms. The van der Waals surface area contributed by atoms with Crippen LogP contribution in [0.15, 0.2) is 40.9 Å². The number of benzene rings is 2. The van der Waals surface area contributed by atoms with Crippen LogP contribution in [0, 0.1) is 0 Å². The second-order valence-corrected chi connectivity index (χ2v) is 5.47. The first kappa shape index (κ1) is 14.4. The van der Waals surface area contributed by atoms with Gasteiger partial charge >= 0.3 is 0 Å². The lowest BCUT2D eigenvalue weighted by atomic mass is 10.0. The summed E-state index contributed by atoms with van der Waals surface area (Å²) in [4.78, 5) is 12.4. The predicted octanol–water partition coefficient (Wildman–Crippen LogP) is 5.00. The minimum absolute atomic E-state index is 0.149. The third-order valence-corrected chi connectivity index (χ3v) is 4.03. The van der Waals surface area contributed by atoms with Crippen LogP contribution >= 0.6 is 39.1 Å². The lowest BCUT2D eigenvalue weighted by Crippen LogP contribution is -2.03. The summed E-state index contributed by atoms with van der Waals surface area (Å²) < 4.78 is 5.82. The van der Waals surface area contributed by atoms with Gasteiger partial charge in [-0.15, -0.1) is 0 Å². The molecule has 98 valence electrons. The summed E-state index contributed by atoms with van der Waals surface area (Å²) in [6.07, 6.45) is 0. The van der Waals surface area contributed by atoms with E-state index in [0.717, 1.165) is 0 Å². The number of halogens is 3. The molecule has 0 fully saturated rings. The predicted molar refractivity (Wildman–Crippen MR) is 80.6 cm³/mol. The zero-order chi connectivity index (χ0) is 14.0. The van der Waals surface area contributed by atoms with Crippen LogP contribution in [-0.4, -0.2) is 12.9 Å². The maximum Gasteiger partial charge on any atom is 0.194 e. The Morgan fingerprint density at radius 2 is 1.84 bits per heavy atom. The largest absolute Gasteiger partial charge is 0.497 e. The molecule has 2 rings (SSSR count). The van der Waals surface area contributed by atoms with Gasteiger partial charge in [0.2, 0.25) is 0 Å². The van der Waals surface area contributed by atoms with Crippen LogP contribution in [0.4, 0.5) is 0 Å². The third kappa shape index (κ3) is 3.11. The first-order valence-corrected chi connectivity index (χ1v) is 6.91. The van der Waals surface area contributed by atoms with E-state index in [1.807, 2.05) is 0 Å². The van der Waals surface area contributed by atoms with E-state index in [2.05, 4.69) is 15.9 Å². The van der Waals surface area contributed by atoms with Crippen molar-refractivity contribution in [2.75, 3.05) is 7.11 Å². The molecule has 0 N–H and O–H groups in total. The van der Waals surface area contributed by atoms with Crippen LogP contribution in [-0.2, 0) is 0 Å². The van der Waals surface area contributed by atoms with E-state index in [1.54, 1.807) is 43.5 Å². The quantitative estimate of drug-likeness (QED) is 0.721. The van der Waals surface area contributed by atoms with Crippen LogP contribution < -0.4 is 4.74 Å². The topological polar surface area (TPSA) is 26.3 Å². The Bertz CT molecular complexity index is 641. The van der Waals surface area contributed by atoms with E-state index in [-0.39, 0.29) is 5.78 Å². The zero-order valence-electron chi connectivity index (χ0n) is 9.91. The average molecular weight is 360 g/mol. The molecule has 19 heavy (non-hydrogen) atoms. The molecule has 0 radical (unpaired) electrons. The van der Waals surface area contributed by atoms with Gasteiger partial charge in [-0.25, -0.2) is 0 Å². The van der Waals surface area contributed by atoms with Crippen LogP contribution in [0.1, 0.15) is 15.9 Å². The number of methoxy groups -OCH3 is 1. The van der Waals surface area contributed by atoms with Crippen molar-refractivity contribution in [3.63, 3.8) is 0 Å². The van der Waals surface area contributed by atoms with Crippen LogP contribution in [0.3, 0.4) is 0 Å². The molecule has 0 aliphatic heterocycles. The van der Waals surface area contributed by atoms with Crippen molar-refractivity contribution in [2.24, 2.45) is 0 Å². The van der Waals surface area contributed by atoms with Crippen molar-refractivity contribution < 1.29 is 9.53 Å². The number of carbonyl (C=O) groups is 1. The minimum Gasteiger partial charge on any atom is -0.497 e. The molecule has 2 nitrogen and oxygen atoms in total. The number of carbonyl (C=O) groups excluding carboxylic acids is 1. The maximum absolute atomic E-state index is 12.4. The van der Waals surface area contributed by atoms with Gasteiger partial charge in [-0.3, -0.25) is 4.79 Å². The first-order valence-electron chi connectivity index (χ1n) is 5.36. The summed E-state index contributed by atoms with van der Waals surface area (Å²) in [5.74, 6) is 0.468. The Hall–Kier alpha value is -1.03. The van der Waals surface area contributed by atoms with E-state index >= 15 is 0 Å². The molecule has 0 heterocycles. The fourth-order valence-corrected chi connectivity index (χ4v) is 2.32. The minimum atomic E-state index is -0.149. The molecule has 0 aliphatic carbocycles. The molecule has 0 unspecified atom stereocenters. The molecule has 5 heteroatoms. The van der Waals surface area contributed by atoms with E-state index in [0.29, 0.717) is 31.4 Å². The fraction of sp³-hybridized carbons (Fsp3) is 0.0714. The SMILES string of the molecule is COc1ccc(Br)c(C(=O)c2ccc(Cl)c(Cl)c2)c1. The average Bonchev–Trinajstić information content (AvgIpc) is 2.41.